The third-order valence-electron chi connectivity index (χ3n) is 3.80. The zero-order valence-electron chi connectivity index (χ0n) is 11.2. The topological polar surface area (TPSA) is 67.2 Å². The molecule has 4 N–H and O–H groups in total. The maximum atomic E-state index is 12.1. The van der Waals surface area contributed by atoms with Crippen molar-refractivity contribution in [2.45, 2.75) is 27.2 Å². The second-order valence-corrected chi connectivity index (χ2v) is 5.79. The van der Waals surface area contributed by atoms with Gasteiger partial charge in [0.2, 0.25) is 0 Å². The summed E-state index contributed by atoms with van der Waals surface area (Å²) in [4.78, 5) is 12.1. The Balaban J connectivity index is 2.00. The van der Waals surface area contributed by atoms with Crippen molar-refractivity contribution in [3.8, 4) is 0 Å². The van der Waals surface area contributed by atoms with E-state index in [4.69, 9.17) is 5.84 Å². The van der Waals surface area contributed by atoms with Crippen LogP contribution in [-0.2, 0) is 0 Å². The number of carbonyl (C=O) groups excluding carboxylic acids is 1. The Morgan fingerprint density at radius 1 is 1.50 bits per heavy atom. The second-order valence-electron chi connectivity index (χ2n) is 5.79. The molecule has 1 unspecified atom stereocenters. The van der Waals surface area contributed by atoms with Crippen molar-refractivity contribution in [2.75, 3.05) is 12.0 Å². The van der Waals surface area contributed by atoms with E-state index in [9.17, 15) is 4.79 Å². The average Bonchev–Trinajstić information content (AvgIpc) is 2.94. The third-order valence-corrected chi connectivity index (χ3v) is 3.80. The summed E-state index contributed by atoms with van der Waals surface area (Å²) in [6.07, 6.45) is 1.18. The summed E-state index contributed by atoms with van der Waals surface area (Å²) in [5, 5.41) is 2.98. The molecule has 1 aliphatic rings. The quantitative estimate of drug-likeness (QED) is 0.563. The molecule has 4 nitrogen and oxygen atoms in total. The molecular weight excluding hydrogens is 226 g/mol. The minimum Gasteiger partial charge on any atom is -0.352 e. The molecule has 2 rings (SSSR count). The fourth-order valence-electron chi connectivity index (χ4n) is 2.21. The summed E-state index contributed by atoms with van der Waals surface area (Å²) in [5.74, 6) is 5.97. The molecule has 0 heterocycles. The Hall–Kier alpha value is -1.55. The van der Waals surface area contributed by atoms with E-state index in [2.05, 4.69) is 24.6 Å². The van der Waals surface area contributed by atoms with Crippen LogP contribution in [0.2, 0.25) is 0 Å². The minimum absolute atomic E-state index is 0.0642. The minimum atomic E-state index is -0.0642. The predicted octanol–water partition coefficient (Wildman–Crippen LogP) is 2.06. The highest BCUT2D eigenvalue weighted by Crippen LogP contribution is 2.50. The SMILES string of the molecule is Cc1ccc(C(=O)NCC2CC2(C)C)c(NN)c1. The number of hydrazine groups is 1. The van der Waals surface area contributed by atoms with Crippen LogP contribution in [-0.4, -0.2) is 12.5 Å². The Morgan fingerprint density at radius 2 is 2.17 bits per heavy atom. The summed E-state index contributed by atoms with van der Waals surface area (Å²) in [5.41, 5.74) is 5.30. The number of amides is 1. The molecule has 1 aromatic rings. The highest BCUT2D eigenvalue weighted by molar-refractivity contribution is 5.99. The number of hydrogen-bond acceptors (Lipinski definition) is 3. The maximum absolute atomic E-state index is 12.1. The first-order valence-electron chi connectivity index (χ1n) is 6.29. The predicted molar refractivity (Wildman–Crippen MR) is 73.2 cm³/mol. The molecule has 0 saturated heterocycles. The van der Waals surface area contributed by atoms with Gasteiger partial charge < -0.3 is 10.7 Å². The summed E-state index contributed by atoms with van der Waals surface area (Å²) < 4.78 is 0. The first-order chi connectivity index (χ1) is 8.44. The van der Waals surface area contributed by atoms with Crippen LogP contribution < -0.4 is 16.6 Å². The highest BCUT2D eigenvalue weighted by atomic mass is 16.1. The fourth-order valence-corrected chi connectivity index (χ4v) is 2.21. The van der Waals surface area contributed by atoms with Crippen LogP contribution >= 0.6 is 0 Å². The van der Waals surface area contributed by atoms with Gasteiger partial charge in [0.05, 0.1) is 11.3 Å². The first kappa shape index (κ1) is 12.9. The number of rotatable bonds is 4. The number of nitrogen functional groups attached to an aromatic ring is 1. The lowest BCUT2D eigenvalue weighted by Crippen LogP contribution is -2.28. The van der Waals surface area contributed by atoms with Crippen molar-refractivity contribution >= 4 is 11.6 Å². The van der Waals surface area contributed by atoms with Gasteiger partial charge in [-0.25, -0.2) is 0 Å². The van der Waals surface area contributed by atoms with Gasteiger partial charge in [0.1, 0.15) is 0 Å². The van der Waals surface area contributed by atoms with Crippen LogP contribution in [0, 0.1) is 18.3 Å². The molecule has 0 bridgehead atoms. The third kappa shape index (κ3) is 2.64. The Morgan fingerprint density at radius 3 is 2.72 bits per heavy atom. The van der Waals surface area contributed by atoms with E-state index in [1.807, 2.05) is 19.1 Å². The fraction of sp³-hybridized carbons (Fsp3) is 0.500. The molecule has 0 aliphatic heterocycles. The number of nitrogens with one attached hydrogen (secondary N) is 2. The van der Waals surface area contributed by atoms with E-state index in [0.717, 1.165) is 12.1 Å². The lowest BCUT2D eigenvalue weighted by atomic mass is 10.1. The Bertz CT molecular complexity index is 468. The molecule has 4 heteroatoms. The summed E-state index contributed by atoms with van der Waals surface area (Å²) in [7, 11) is 0. The summed E-state index contributed by atoms with van der Waals surface area (Å²) in [6.45, 7) is 7.16. The van der Waals surface area contributed by atoms with E-state index in [1.54, 1.807) is 6.07 Å². The van der Waals surface area contributed by atoms with Crippen LogP contribution in [0.1, 0.15) is 36.2 Å². The largest absolute Gasteiger partial charge is 0.352 e. The summed E-state index contributed by atoms with van der Waals surface area (Å²) in [6, 6.07) is 5.59. The van der Waals surface area contributed by atoms with Gasteiger partial charge in [-0.3, -0.25) is 10.6 Å². The van der Waals surface area contributed by atoms with E-state index in [1.165, 1.54) is 6.42 Å². The van der Waals surface area contributed by atoms with Gasteiger partial charge in [-0.1, -0.05) is 19.9 Å². The van der Waals surface area contributed by atoms with Crippen LogP contribution in [0.3, 0.4) is 0 Å². The summed E-state index contributed by atoms with van der Waals surface area (Å²) >= 11 is 0. The Kier molecular flexibility index (Phi) is 3.30. The normalized spacial score (nSPS) is 20.3. The van der Waals surface area contributed by atoms with Crippen molar-refractivity contribution in [3.05, 3.63) is 29.3 Å². The molecular formula is C14H21N3O. The van der Waals surface area contributed by atoms with Crippen molar-refractivity contribution in [2.24, 2.45) is 17.2 Å². The van der Waals surface area contributed by atoms with Crippen molar-refractivity contribution < 1.29 is 4.79 Å². The average molecular weight is 247 g/mol. The lowest BCUT2D eigenvalue weighted by Gasteiger charge is -2.11. The zero-order valence-corrected chi connectivity index (χ0v) is 11.2. The van der Waals surface area contributed by atoms with Crippen LogP contribution in [0.15, 0.2) is 18.2 Å². The Labute approximate surface area is 108 Å². The molecule has 1 aromatic carbocycles. The van der Waals surface area contributed by atoms with Gasteiger partial charge in [-0.15, -0.1) is 0 Å². The first-order valence-corrected chi connectivity index (χ1v) is 6.29. The number of aryl methyl sites for hydroxylation is 1. The van der Waals surface area contributed by atoms with Crippen molar-refractivity contribution in [1.29, 1.82) is 0 Å². The van der Waals surface area contributed by atoms with Crippen molar-refractivity contribution in [1.82, 2.24) is 5.32 Å². The second kappa shape index (κ2) is 4.61. The molecule has 0 spiro atoms. The number of nitrogens with two attached hydrogens (primary N) is 1. The van der Waals surface area contributed by atoms with Gasteiger partial charge >= 0.3 is 0 Å². The monoisotopic (exact) mass is 247 g/mol. The zero-order chi connectivity index (χ0) is 13.3. The van der Waals surface area contributed by atoms with Crippen LogP contribution in [0.4, 0.5) is 5.69 Å². The number of hydrogen-bond donors (Lipinski definition) is 3. The van der Waals surface area contributed by atoms with Gasteiger partial charge in [-0.2, -0.15) is 0 Å². The maximum Gasteiger partial charge on any atom is 0.253 e. The highest BCUT2D eigenvalue weighted by Gasteiger charge is 2.45. The molecule has 1 atom stereocenters. The lowest BCUT2D eigenvalue weighted by molar-refractivity contribution is 0.0951. The molecule has 1 saturated carbocycles. The van der Waals surface area contributed by atoms with E-state index in [-0.39, 0.29) is 5.91 Å². The molecule has 0 aromatic heterocycles. The smallest absolute Gasteiger partial charge is 0.253 e. The van der Waals surface area contributed by atoms with Gasteiger partial charge in [0.15, 0.2) is 0 Å². The van der Waals surface area contributed by atoms with Gasteiger partial charge in [-0.05, 0) is 42.4 Å². The number of carbonyl (C=O) groups is 1. The van der Waals surface area contributed by atoms with E-state index < -0.39 is 0 Å². The molecule has 18 heavy (non-hydrogen) atoms. The van der Waals surface area contributed by atoms with E-state index >= 15 is 0 Å². The standard InChI is InChI=1S/C14H21N3O/c1-9-4-5-11(12(6-9)17-15)13(18)16-8-10-7-14(10,2)3/h4-6,10,17H,7-8,15H2,1-3H3,(H,16,18). The van der Waals surface area contributed by atoms with E-state index in [0.29, 0.717) is 22.6 Å². The molecule has 98 valence electrons. The van der Waals surface area contributed by atoms with Crippen LogP contribution in [0.5, 0.6) is 0 Å². The molecule has 1 amide bonds. The molecule has 0 radical (unpaired) electrons. The van der Waals surface area contributed by atoms with Gasteiger partial charge in [0.25, 0.3) is 5.91 Å². The van der Waals surface area contributed by atoms with Crippen molar-refractivity contribution in [3.63, 3.8) is 0 Å². The number of benzene rings is 1. The van der Waals surface area contributed by atoms with Gasteiger partial charge in [0, 0.05) is 6.54 Å². The van der Waals surface area contributed by atoms with Crippen LogP contribution in [0.25, 0.3) is 0 Å². The molecule has 1 aliphatic carbocycles. The molecule has 1 fully saturated rings. The number of anilines is 1.